The van der Waals surface area contributed by atoms with Crippen molar-refractivity contribution in [2.75, 3.05) is 29.6 Å². The van der Waals surface area contributed by atoms with Crippen molar-refractivity contribution in [2.45, 2.75) is 6.92 Å². The number of amides is 1. The molecule has 6 heteroatoms. The largest absolute Gasteiger partial charge is 0.376 e. The van der Waals surface area contributed by atoms with Gasteiger partial charge in [0.05, 0.1) is 11.9 Å². The first-order valence-corrected chi connectivity index (χ1v) is 8.26. The first-order chi connectivity index (χ1) is 12.5. The molecule has 2 aromatic carbocycles. The van der Waals surface area contributed by atoms with Crippen molar-refractivity contribution >= 4 is 28.8 Å². The first-order valence-electron chi connectivity index (χ1n) is 8.26. The Labute approximate surface area is 152 Å². The summed E-state index contributed by atoms with van der Waals surface area (Å²) in [6, 6.07) is 16.8. The molecule has 6 nitrogen and oxygen atoms in total. The average molecular weight is 347 g/mol. The zero-order chi connectivity index (χ0) is 18.5. The minimum Gasteiger partial charge on any atom is -0.376 e. The molecule has 132 valence electrons. The molecule has 0 aliphatic carbocycles. The molecule has 3 rings (SSSR count). The van der Waals surface area contributed by atoms with Gasteiger partial charge in [-0.1, -0.05) is 17.7 Å². The van der Waals surface area contributed by atoms with Crippen molar-refractivity contribution in [1.29, 1.82) is 0 Å². The van der Waals surface area contributed by atoms with Gasteiger partial charge in [-0.2, -0.15) is 5.10 Å². The molecule has 0 unspecified atom stereocenters. The van der Waals surface area contributed by atoms with E-state index in [2.05, 4.69) is 20.8 Å². The summed E-state index contributed by atoms with van der Waals surface area (Å²) in [4.78, 5) is 14.2. The summed E-state index contributed by atoms with van der Waals surface area (Å²) in [6.45, 7) is 1.99. The Balaban J connectivity index is 1.66. The van der Waals surface area contributed by atoms with E-state index < -0.39 is 0 Å². The van der Waals surface area contributed by atoms with Crippen molar-refractivity contribution < 1.29 is 4.79 Å². The molecule has 3 aromatic rings. The zero-order valence-electron chi connectivity index (χ0n) is 15.0. The molecule has 1 heterocycles. The van der Waals surface area contributed by atoms with Crippen LogP contribution in [0.25, 0.3) is 0 Å². The van der Waals surface area contributed by atoms with Crippen LogP contribution in [0.1, 0.15) is 15.9 Å². The molecule has 2 N–H and O–H groups in total. The van der Waals surface area contributed by atoms with Gasteiger partial charge in [0, 0.05) is 37.1 Å². The first kappa shape index (κ1) is 17.4. The summed E-state index contributed by atoms with van der Waals surface area (Å²) in [7, 11) is 3.90. The summed E-state index contributed by atoms with van der Waals surface area (Å²) >= 11 is 0. The number of carbonyl (C=O) groups excluding carboxylic acids is 1. The maximum atomic E-state index is 12.3. The molecule has 1 aromatic heterocycles. The van der Waals surface area contributed by atoms with Gasteiger partial charge in [-0.05, 0) is 43.3 Å². The third kappa shape index (κ3) is 4.36. The van der Waals surface area contributed by atoms with Crippen LogP contribution < -0.4 is 15.5 Å². The minimum absolute atomic E-state index is 0.129. The van der Waals surface area contributed by atoms with Crippen molar-refractivity contribution in [2.24, 2.45) is 0 Å². The number of nitrogens with zero attached hydrogens (tertiary/aromatic N) is 3. The van der Waals surface area contributed by atoms with Crippen LogP contribution in [0.3, 0.4) is 0 Å². The van der Waals surface area contributed by atoms with E-state index in [1.165, 1.54) is 0 Å². The lowest BCUT2D eigenvalue weighted by Crippen LogP contribution is -2.11. The number of aromatic nitrogens is 2. The van der Waals surface area contributed by atoms with E-state index in [9.17, 15) is 4.79 Å². The van der Waals surface area contributed by atoms with E-state index in [-0.39, 0.29) is 5.91 Å². The van der Waals surface area contributed by atoms with Gasteiger partial charge in [-0.25, -0.2) is 0 Å². The van der Waals surface area contributed by atoms with Gasteiger partial charge in [0.25, 0.3) is 5.91 Å². The molecule has 0 aliphatic heterocycles. The average Bonchev–Trinajstić information content (AvgIpc) is 2.64. The summed E-state index contributed by atoms with van der Waals surface area (Å²) in [5, 5.41) is 14.2. The van der Waals surface area contributed by atoms with Crippen molar-refractivity contribution in [1.82, 2.24) is 10.2 Å². The van der Waals surface area contributed by atoms with Gasteiger partial charge in [-0.3, -0.25) is 4.79 Å². The molecule has 0 fully saturated rings. The van der Waals surface area contributed by atoms with E-state index in [0.29, 0.717) is 11.4 Å². The third-order valence-corrected chi connectivity index (χ3v) is 3.89. The van der Waals surface area contributed by atoms with Crippen molar-refractivity contribution in [3.63, 3.8) is 0 Å². The van der Waals surface area contributed by atoms with Gasteiger partial charge >= 0.3 is 0 Å². The lowest BCUT2D eigenvalue weighted by molar-refractivity contribution is 0.102. The molecule has 0 bridgehead atoms. The van der Waals surface area contributed by atoms with E-state index in [0.717, 1.165) is 22.6 Å². The molecule has 0 saturated heterocycles. The molecule has 1 amide bonds. The van der Waals surface area contributed by atoms with Crippen LogP contribution in [0.5, 0.6) is 0 Å². The monoisotopic (exact) mass is 347 g/mol. The number of rotatable bonds is 5. The molecule has 0 radical (unpaired) electrons. The molecule has 0 aliphatic rings. The van der Waals surface area contributed by atoms with Crippen LogP contribution in [0, 0.1) is 6.92 Å². The Morgan fingerprint density at radius 2 is 1.62 bits per heavy atom. The molecule has 0 saturated carbocycles. The third-order valence-electron chi connectivity index (χ3n) is 3.89. The Bertz CT molecular complexity index is 889. The fourth-order valence-electron chi connectivity index (χ4n) is 2.36. The van der Waals surface area contributed by atoms with E-state index in [1.807, 2.05) is 80.5 Å². The molecule has 26 heavy (non-hydrogen) atoms. The normalized spacial score (nSPS) is 10.3. The van der Waals surface area contributed by atoms with Gasteiger partial charge in [0.15, 0.2) is 5.82 Å². The van der Waals surface area contributed by atoms with Crippen LogP contribution in [0.15, 0.2) is 60.8 Å². The number of hydrogen-bond acceptors (Lipinski definition) is 5. The van der Waals surface area contributed by atoms with Gasteiger partial charge < -0.3 is 15.5 Å². The Morgan fingerprint density at radius 3 is 2.27 bits per heavy atom. The summed E-state index contributed by atoms with van der Waals surface area (Å²) < 4.78 is 0. The predicted octanol–water partition coefficient (Wildman–Crippen LogP) is 3.85. The minimum atomic E-state index is -0.129. The number of anilines is 4. The van der Waals surface area contributed by atoms with Crippen LogP contribution in [-0.2, 0) is 0 Å². The highest BCUT2D eigenvalue weighted by Gasteiger charge is 2.06. The Hall–Kier alpha value is -3.41. The highest BCUT2D eigenvalue weighted by molar-refractivity contribution is 6.04. The number of hydrogen-bond donors (Lipinski definition) is 2. The van der Waals surface area contributed by atoms with Gasteiger partial charge in [-0.15, -0.1) is 5.10 Å². The maximum Gasteiger partial charge on any atom is 0.255 e. The summed E-state index contributed by atoms with van der Waals surface area (Å²) in [5.41, 5.74) is 4.31. The number of carbonyl (C=O) groups is 1. The summed E-state index contributed by atoms with van der Waals surface area (Å²) in [5.74, 6) is 0.530. The van der Waals surface area contributed by atoms with Crippen LogP contribution in [0.2, 0.25) is 0 Å². The lowest BCUT2D eigenvalue weighted by atomic mass is 10.1. The highest BCUT2D eigenvalue weighted by atomic mass is 16.1. The van der Waals surface area contributed by atoms with E-state index in [4.69, 9.17) is 0 Å². The fraction of sp³-hybridized carbons (Fsp3) is 0.150. The number of aryl methyl sites for hydroxylation is 1. The second kappa shape index (κ2) is 7.65. The summed E-state index contributed by atoms with van der Waals surface area (Å²) in [6.07, 6.45) is 1.70. The van der Waals surface area contributed by atoms with Crippen molar-refractivity contribution in [3.8, 4) is 0 Å². The standard InChI is InChI=1S/C20H21N5O/c1-14-4-6-15(7-5-14)20(26)23-17-10-8-16(9-11-17)22-19-12-18(25(2)3)13-21-24-19/h4-13H,1-3H3,(H,22,24)(H,23,26). The fourth-order valence-corrected chi connectivity index (χ4v) is 2.36. The molecule has 0 atom stereocenters. The molecular weight excluding hydrogens is 326 g/mol. The second-order valence-corrected chi connectivity index (χ2v) is 6.22. The highest BCUT2D eigenvalue weighted by Crippen LogP contribution is 2.20. The zero-order valence-corrected chi connectivity index (χ0v) is 15.0. The van der Waals surface area contributed by atoms with Crippen molar-refractivity contribution in [3.05, 3.63) is 71.9 Å². The van der Waals surface area contributed by atoms with Crippen LogP contribution >= 0.6 is 0 Å². The Morgan fingerprint density at radius 1 is 0.962 bits per heavy atom. The maximum absolute atomic E-state index is 12.3. The smallest absolute Gasteiger partial charge is 0.255 e. The van der Waals surface area contributed by atoms with Crippen LogP contribution in [0.4, 0.5) is 22.9 Å². The predicted molar refractivity (Wildman–Crippen MR) is 105 cm³/mol. The molecule has 0 spiro atoms. The Kier molecular flexibility index (Phi) is 5.12. The molecular formula is C20H21N5O. The SMILES string of the molecule is Cc1ccc(C(=O)Nc2ccc(Nc3cc(N(C)C)cnn3)cc2)cc1. The topological polar surface area (TPSA) is 70.2 Å². The second-order valence-electron chi connectivity index (χ2n) is 6.22. The quantitative estimate of drug-likeness (QED) is 0.734. The van der Waals surface area contributed by atoms with E-state index >= 15 is 0 Å². The lowest BCUT2D eigenvalue weighted by Gasteiger charge is -2.13. The van der Waals surface area contributed by atoms with Gasteiger partial charge in [0.1, 0.15) is 0 Å². The van der Waals surface area contributed by atoms with Crippen LogP contribution in [-0.4, -0.2) is 30.2 Å². The van der Waals surface area contributed by atoms with Gasteiger partial charge in [0.2, 0.25) is 0 Å². The number of nitrogens with one attached hydrogen (secondary N) is 2. The number of benzene rings is 2. The van der Waals surface area contributed by atoms with E-state index in [1.54, 1.807) is 6.20 Å².